The molecular weight excluding hydrogens is 286 g/mol. The molecule has 1 aromatic heterocycles. The minimum absolute atomic E-state index is 0.0428. The topological polar surface area (TPSA) is 137 Å². The van der Waals surface area contributed by atoms with Gasteiger partial charge in [-0.15, -0.1) is 10.2 Å². The number of aromatic hydroxyl groups is 1. The molecule has 1 aromatic carbocycles. The van der Waals surface area contributed by atoms with Gasteiger partial charge in [0, 0.05) is 6.07 Å². The van der Waals surface area contributed by atoms with Gasteiger partial charge in [-0.25, -0.2) is 0 Å². The highest BCUT2D eigenvalue weighted by Gasteiger charge is 2.12. The summed E-state index contributed by atoms with van der Waals surface area (Å²) in [6.45, 7) is 0. The van der Waals surface area contributed by atoms with Gasteiger partial charge in [0.05, 0.1) is 4.92 Å². The van der Waals surface area contributed by atoms with Crippen molar-refractivity contribution in [1.82, 2.24) is 9.97 Å². The molecule has 0 fully saturated rings. The number of aromatic nitrogens is 2. The third-order valence-corrected chi connectivity index (χ3v) is 2.44. The standard InChI is InChI=1S/C10H7N5O4S/c16-8-7(9(17)12-10(20)11-8)14-13-5-3-1-2-4-6(5)15(18)19/h1-4H,(H3,11,12,16,17,20). The molecule has 0 aliphatic rings. The number of azo groups is 1. The average Bonchev–Trinajstić information content (AvgIpc) is 2.37. The van der Waals surface area contributed by atoms with Gasteiger partial charge in [-0.05, 0) is 18.3 Å². The summed E-state index contributed by atoms with van der Waals surface area (Å²) in [7, 11) is 0. The Kier molecular flexibility index (Phi) is 3.66. The lowest BCUT2D eigenvalue weighted by Gasteiger charge is -1.97. The third kappa shape index (κ3) is 2.75. The summed E-state index contributed by atoms with van der Waals surface area (Å²) in [5.74, 6) is -0.568. The predicted octanol–water partition coefficient (Wildman–Crippen LogP) is 2.46. The molecule has 0 spiro atoms. The van der Waals surface area contributed by atoms with Gasteiger partial charge in [0.1, 0.15) is 0 Å². The first-order chi connectivity index (χ1) is 9.49. The molecule has 3 N–H and O–H groups in total. The molecule has 0 amide bonds. The van der Waals surface area contributed by atoms with Crippen molar-refractivity contribution in [3.63, 3.8) is 0 Å². The average molecular weight is 293 g/mol. The summed E-state index contributed by atoms with van der Waals surface area (Å²) in [5.41, 5.74) is -1.49. The first-order valence-electron chi connectivity index (χ1n) is 5.20. The monoisotopic (exact) mass is 293 g/mol. The normalized spacial score (nSPS) is 10.8. The van der Waals surface area contributed by atoms with E-state index < -0.39 is 22.0 Å². The van der Waals surface area contributed by atoms with Crippen LogP contribution in [0.1, 0.15) is 0 Å². The summed E-state index contributed by atoms with van der Waals surface area (Å²) < 4.78 is -0.0721. The van der Waals surface area contributed by atoms with E-state index in [0.717, 1.165) is 0 Å². The number of aromatic amines is 2. The van der Waals surface area contributed by atoms with Crippen molar-refractivity contribution in [3.8, 4) is 5.88 Å². The molecule has 0 saturated heterocycles. The zero-order chi connectivity index (χ0) is 14.7. The van der Waals surface area contributed by atoms with Gasteiger partial charge in [0.15, 0.2) is 10.5 Å². The Morgan fingerprint density at radius 2 is 1.95 bits per heavy atom. The van der Waals surface area contributed by atoms with Crippen molar-refractivity contribution in [2.24, 2.45) is 10.2 Å². The molecule has 0 unspecified atom stereocenters. The van der Waals surface area contributed by atoms with Crippen molar-refractivity contribution in [2.45, 2.75) is 0 Å². The highest BCUT2D eigenvalue weighted by Crippen LogP contribution is 2.28. The fourth-order valence-electron chi connectivity index (χ4n) is 1.37. The van der Waals surface area contributed by atoms with Crippen molar-refractivity contribution >= 4 is 29.3 Å². The number of nitrogens with zero attached hydrogens (tertiary/aromatic N) is 3. The van der Waals surface area contributed by atoms with Crippen LogP contribution in [0.4, 0.5) is 17.1 Å². The summed E-state index contributed by atoms with van der Waals surface area (Å²) in [4.78, 5) is 26.2. The zero-order valence-corrected chi connectivity index (χ0v) is 10.5. The molecule has 1 heterocycles. The Hall–Kier alpha value is -2.88. The van der Waals surface area contributed by atoms with Crippen LogP contribution in [-0.4, -0.2) is 20.0 Å². The molecule has 9 nitrogen and oxygen atoms in total. The summed E-state index contributed by atoms with van der Waals surface area (Å²) in [6.07, 6.45) is 0. The summed E-state index contributed by atoms with van der Waals surface area (Å²) in [5, 5.41) is 27.4. The van der Waals surface area contributed by atoms with Crippen LogP contribution in [0.2, 0.25) is 0 Å². The van der Waals surface area contributed by atoms with Crippen LogP contribution in [0.15, 0.2) is 39.3 Å². The molecule has 20 heavy (non-hydrogen) atoms. The number of nitro benzene ring substituents is 1. The van der Waals surface area contributed by atoms with Crippen LogP contribution in [0.3, 0.4) is 0 Å². The molecule has 0 aliphatic carbocycles. The minimum atomic E-state index is -0.756. The molecule has 0 bridgehead atoms. The largest absolute Gasteiger partial charge is 0.493 e. The van der Waals surface area contributed by atoms with E-state index in [1.165, 1.54) is 24.3 Å². The third-order valence-electron chi connectivity index (χ3n) is 2.23. The number of benzene rings is 1. The highest BCUT2D eigenvalue weighted by molar-refractivity contribution is 7.71. The smallest absolute Gasteiger partial charge is 0.296 e. The predicted molar refractivity (Wildman–Crippen MR) is 71.2 cm³/mol. The Morgan fingerprint density at radius 3 is 2.60 bits per heavy atom. The fourth-order valence-corrected chi connectivity index (χ4v) is 1.56. The van der Waals surface area contributed by atoms with Crippen LogP contribution < -0.4 is 5.56 Å². The van der Waals surface area contributed by atoms with Gasteiger partial charge in [-0.1, -0.05) is 12.1 Å². The fraction of sp³-hybridized carbons (Fsp3) is 0. The quantitative estimate of drug-likeness (QED) is 0.345. The molecular formula is C10H7N5O4S. The Labute approximate surface area is 115 Å². The zero-order valence-electron chi connectivity index (χ0n) is 9.73. The molecule has 0 radical (unpaired) electrons. The molecule has 102 valence electrons. The maximum Gasteiger partial charge on any atom is 0.296 e. The number of H-pyrrole nitrogens is 2. The lowest BCUT2D eigenvalue weighted by atomic mass is 10.3. The summed E-state index contributed by atoms with van der Waals surface area (Å²) >= 11 is 4.65. The maximum atomic E-state index is 11.5. The van der Waals surface area contributed by atoms with Gasteiger partial charge >= 0.3 is 0 Å². The van der Waals surface area contributed by atoms with E-state index in [1.54, 1.807) is 0 Å². The van der Waals surface area contributed by atoms with Gasteiger partial charge in [0.25, 0.3) is 11.2 Å². The van der Waals surface area contributed by atoms with Crippen LogP contribution >= 0.6 is 12.2 Å². The van der Waals surface area contributed by atoms with E-state index >= 15 is 0 Å². The lowest BCUT2D eigenvalue weighted by molar-refractivity contribution is -0.384. The first-order valence-corrected chi connectivity index (χ1v) is 5.60. The number of nitrogens with one attached hydrogen (secondary N) is 2. The number of hydrogen-bond donors (Lipinski definition) is 3. The molecule has 0 aliphatic heterocycles. The maximum absolute atomic E-state index is 11.5. The molecule has 2 aromatic rings. The SMILES string of the molecule is O=c1[nH]c(=S)[nH]c(O)c1N=Nc1ccccc1[N+](=O)[O-]. The van der Waals surface area contributed by atoms with Crippen molar-refractivity contribution in [2.75, 3.05) is 0 Å². The number of rotatable bonds is 3. The molecule has 0 saturated carbocycles. The molecule has 0 atom stereocenters. The molecule has 2 rings (SSSR count). The summed E-state index contributed by atoms with van der Waals surface area (Å²) in [6, 6.07) is 5.61. The first kappa shape index (κ1) is 13.5. The van der Waals surface area contributed by atoms with E-state index in [0.29, 0.717) is 0 Å². The highest BCUT2D eigenvalue weighted by atomic mass is 32.1. The van der Waals surface area contributed by atoms with Crippen molar-refractivity contribution < 1.29 is 10.0 Å². The number of para-hydroxylation sites is 1. The van der Waals surface area contributed by atoms with Crippen LogP contribution in [0.5, 0.6) is 5.88 Å². The van der Waals surface area contributed by atoms with E-state index in [4.69, 9.17) is 0 Å². The van der Waals surface area contributed by atoms with Gasteiger partial charge in [-0.2, -0.15) is 0 Å². The van der Waals surface area contributed by atoms with Gasteiger partial charge in [-0.3, -0.25) is 19.9 Å². The van der Waals surface area contributed by atoms with Crippen molar-refractivity contribution in [3.05, 3.63) is 49.5 Å². The second-order valence-corrected chi connectivity index (χ2v) is 3.96. The minimum Gasteiger partial charge on any atom is -0.493 e. The van der Waals surface area contributed by atoms with E-state index in [1.807, 2.05) is 0 Å². The van der Waals surface area contributed by atoms with Gasteiger partial charge in [0.2, 0.25) is 11.6 Å². The van der Waals surface area contributed by atoms with Crippen LogP contribution in [0.25, 0.3) is 0 Å². The van der Waals surface area contributed by atoms with E-state index in [9.17, 15) is 20.0 Å². The molecule has 10 heteroatoms. The second kappa shape index (κ2) is 5.40. The Bertz CT molecular complexity index is 810. The Morgan fingerprint density at radius 1 is 1.25 bits per heavy atom. The van der Waals surface area contributed by atoms with Crippen LogP contribution in [0, 0.1) is 14.9 Å². The second-order valence-electron chi connectivity index (χ2n) is 3.55. The Balaban J connectivity index is 2.48. The number of hydrogen-bond acceptors (Lipinski definition) is 7. The van der Waals surface area contributed by atoms with Gasteiger partial charge < -0.3 is 10.1 Å². The lowest BCUT2D eigenvalue weighted by Crippen LogP contribution is -2.06. The van der Waals surface area contributed by atoms with E-state index in [-0.39, 0.29) is 16.1 Å². The number of nitro groups is 1. The van der Waals surface area contributed by atoms with Crippen LogP contribution in [-0.2, 0) is 0 Å². The van der Waals surface area contributed by atoms with Crippen molar-refractivity contribution in [1.29, 1.82) is 0 Å². The van der Waals surface area contributed by atoms with E-state index in [2.05, 4.69) is 32.4 Å².